The van der Waals surface area contributed by atoms with Crippen LogP contribution < -0.4 is 0 Å². The van der Waals surface area contributed by atoms with Gasteiger partial charge in [0.25, 0.3) is 0 Å². The molecule has 1 saturated carbocycles. The highest BCUT2D eigenvalue weighted by Gasteiger charge is 2.26. The first kappa shape index (κ1) is 21.9. The van der Waals surface area contributed by atoms with Gasteiger partial charge in [0, 0.05) is 31.3 Å². The van der Waals surface area contributed by atoms with Gasteiger partial charge in [0.15, 0.2) is 0 Å². The Kier molecular flexibility index (Phi) is 8.39. The normalized spacial score (nSPS) is 13.4. The van der Waals surface area contributed by atoms with Crippen molar-refractivity contribution in [3.8, 4) is 0 Å². The lowest BCUT2D eigenvalue weighted by Crippen LogP contribution is -2.14. The van der Waals surface area contributed by atoms with Crippen LogP contribution in [0.25, 0.3) is 0 Å². The predicted molar refractivity (Wildman–Crippen MR) is 114 cm³/mol. The molecule has 0 atom stereocenters. The average Bonchev–Trinajstić information content (AvgIpc) is 3.28. The quantitative estimate of drug-likeness (QED) is 0.461. The minimum atomic E-state index is 0. The van der Waals surface area contributed by atoms with Crippen LogP contribution in [0, 0.1) is 13.8 Å². The van der Waals surface area contributed by atoms with Crippen molar-refractivity contribution < 1.29 is 0 Å². The molecule has 3 nitrogen and oxygen atoms in total. The molecule has 0 bridgehead atoms. The third-order valence-corrected chi connectivity index (χ3v) is 5.34. The molecule has 25 heavy (non-hydrogen) atoms. The molecule has 1 heterocycles. The van der Waals surface area contributed by atoms with E-state index in [2.05, 4.69) is 48.2 Å². The van der Waals surface area contributed by atoms with E-state index in [0.29, 0.717) is 0 Å². The fraction of sp³-hybridized carbons (Fsp3) is 0.474. The highest BCUT2D eigenvalue weighted by Crippen LogP contribution is 2.40. The van der Waals surface area contributed by atoms with Gasteiger partial charge in [-0.3, -0.25) is 0 Å². The first-order valence-electron chi connectivity index (χ1n) is 8.35. The summed E-state index contributed by atoms with van der Waals surface area (Å²) in [7, 11) is 2.04. The second-order valence-electron chi connectivity index (χ2n) is 6.49. The zero-order chi connectivity index (χ0) is 16.4. The van der Waals surface area contributed by atoms with E-state index in [-0.39, 0.29) is 24.8 Å². The van der Waals surface area contributed by atoms with E-state index < -0.39 is 0 Å². The monoisotopic (exact) mass is 399 g/mol. The number of aryl methyl sites for hydroxylation is 2. The molecule has 0 spiro atoms. The van der Waals surface area contributed by atoms with Crippen LogP contribution in [0.3, 0.4) is 0 Å². The predicted octanol–water partition coefficient (Wildman–Crippen LogP) is 5.68. The maximum absolute atomic E-state index is 4.83. The van der Waals surface area contributed by atoms with E-state index >= 15 is 0 Å². The lowest BCUT2D eigenvalue weighted by atomic mass is 9.99. The Hall–Kier alpha value is -1.10. The van der Waals surface area contributed by atoms with Crippen LogP contribution >= 0.6 is 36.2 Å². The number of halogens is 2. The second-order valence-corrected chi connectivity index (χ2v) is 7.44. The van der Waals surface area contributed by atoms with Gasteiger partial charge in [-0.2, -0.15) is 0 Å². The summed E-state index contributed by atoms with van der Waals surface area (Å²) in [6.07, 6.45) is 5.48. The molecule has 0 saturated heterocycles. The van der Waals surface area contributed by atoms with Crippen LogP contribution in [0.4, 0.5) is 5.69 Å². The molecule has 0 unspecified atom stereocenters. The summed E-state index contributed by atoms with van der Waals surface area (Å²) in [6, 6.07) is 4.36. The van der Waals surface area contributed by atoms with Gasteiger partial charge >= 0.3 is 0 Å². The van der Waals surface area contributed by atoms with Crippen molar-refractivity contribution in [2.45, 2.75) is 46.0 Å². The van der Waals surface area contributed by atoms with E-state index in [1.54, 1.807) is 11.3 Å². The number of hydrogen-bond acceptors (Lipinski definition) is 3. The van der Waals surface area contributed by atoms with E-state index in [1.165, 1.54) is 40.2 Å². The number of aromatic nitrogens is 1. The smallest absolute Gasteiger partial charge is 0.0972 e. The van der Waals surface area contributed by atoms with Gasteiger partial charge in [0.1, 0.15) is 0 Å². The lowest BCUT2D eigenvalue weighted by molar-refractivity contribution is 0.552. The molecule has 2 aromatic rings. The van der Waals surface area contributed by atoms with Crippen LogP contribution in [0.2, 0.25) is 0 Å². The van der Waals surface area contributed by atoms with Crippen LogP contribution in [0.5, 0.6) is 0 Å². The lowest BCUT2D eigenvalue weighted by Gasteiger charge is -2.11. The van der Waals surface area contributed by atoms with Crippen LogP contribution in [-0.4, -0.2) is 29.8 Å². The summed E-state index contributed by atoms with van der Waals surface area (Å²) in [5, 5.41) is 3.48. The Labute approximate surface area is 167 Å². The zero-order valence-corrected chi connectivity index (χ0v) is 17.7. The fourth-order valence-electron chi connectivity index (χ4n) is 2.69. The van der Waals surface area contributed by atoms with Gasteiger partial charge in [-0.15, -0.1) is 36.2 Å². The highest BCUT2D eigenvalue weighted by molar-refractivity contribution is 7.09. The molecule has 1 aliphatic rings. The molecule has 6 heteroatoms. The summed E-state index contributed by atoms with van der Waals surface area (Å²) in [5.41, 5.74) is 6.34. The topological polar surface area (TPSA) is 28.5 Å². The van der Waals surface area contributed by atoms with Crippen LogP contribution in [0.15, 0.2) is 22.5 Å². The van der Waals surface area contributed by atoms with Gasteiger partial charge in [-0.25, -0.2) is 9.98 Å². The second kappa shape index (κ2) is 9.56. The third-order valence-electron chi connectivity index (χ3n) is 4.48. The summed E-state index contributed by atoms with van der Waals surface area (Å²) >= 11 is 1.80. The fourth-order valence-corrected chi connectivity index (χ4v) is 3.58. The van der Waals surface area contributed by atoms with Crippen molar-refractivity contribution in [3.05, 3.63) is 44.9 Å². The summed E-state index contributed by atoms with van der Waals surface area (Å²) in [6.45, 7) is 7.45. The minimum absolute atomic E-state index is 0. The van der Waals surface area contributed by atoms with Gasteiger partial charge in [-0.1, -0.05) is 0 Å². The third kappa shape index (κ3) is 5.70. The Morgan fingerprint density at radius 2 is 1.88 bits per heavy atom. The molecule has 0 amide bonds. The van der Waals surface area contributed by atoms with Gasteiger partial charge in [0.2, 0.25) is 0 Å². The molecule has 0 radical (unpaired) electrons. The Morgan fingerprint density at radius 3 is 2.44 bits per heavy atom. The van der Waals surface area contributed by atoms with Crippen molar-refractivity contribution in [2.24, 2.45) is 4.99 Å². The van der Waals surface area contributed by atoms with Crippen LogP contribution in [-0.2, 0) is 6.42 Å². The zero-order valence-electron chi connectivity index (χ0n) is 15.3. The number of hydrogen-bond donors (Lipinski definition) is 0. The molecular formula is C19H27Cl2N3S. The molecule has 1 fully saturated rings. The number of nitrogens with zero attached hydrogens (tertiary/aromatic N) is 3. The van der Waals surface area contributed by atoms with E-state index in [1.807, 2.05) is 13.4 Å². The standard InChI is InChI=1S/C19H25N3S.2ClH/c1-5-22(4)12-20-16-8-13(2)17(14(3)9-16)10-19-21-18(11-23-19)15-6-7-15;;/h8-9,11-12,15H,5-7,10H2,1-4H3;2*1H. The highest BCUT2D eigenvalue weighted by atomic mass is 35.5. The summed E-state index contributed by atoms with van der Waals surface area (Å²) in [5.74, 6) is 0.745. The Bertz CT molecular complexity index is 700. The molecular weight excluding hydrogens is 373 g/mol. The molecule has 138 valence electrons. The first-order chi connectivity index (χ1) is 11.1. The number of thiazole rings is 1. The molecule has 1 aliphatic carbocycles. The maximum atomic E-state index is 4.83. The maximum Gasteiger partial charge on any atom is 0.0972 e. The first-order valence-corrected chi connectivity index (χ1v) is 9.23. The van der Waals surface area contributed by atoms with E-state index in [4.69, 9.17) is 4.98 Å². The van der Waals surface area contributed by atoms with Crippen molar-refractivity contribution in [3.63, 3.8) is 0 Å². The van der Waals surface area contributed by atoms with Gasteiger partial charge < -0.3 is 4.90 Å². The van der Waals surface area contributed by atoms with Gasteiger partial charge in [0.05, 0.1) is 22.7 Å². The largest absolute Gasteiger partial charge is 0.366 e. The Morgan fingerprint density at radius 1 is 1.24 bits per heavy atom. The molecule has 1 aromatic heterocycles. The van der Waals surface area contributed by atoms with E-state index in [9.17, 15) is 0 Å². The Balaban J connectivity index is 0.00000156. The molecule has 1 aromatic carbocycles. The van der Waals surface area contributed by atoms with Crippen LogP contribution in [0.1, 0.15) is 53.1 Å². The minimum Gasteiger partial charge on any atom is -0.366 e. The number of rotatable bonds is 6. The summed E-state index contributed by atoms with van der Waals surface area (Å²) in [4.78, 5) is 11.5. The van der Waals surface area contributed by atoms with Crippen molar-refractivity contribution in [1.29, 1.82) is 0 Å². The van der Waals surface area contributed by atoms with Crippen molar-refractivity contribution in [2.75, 3.05) is 13.6 Å². The SMILES string of the molecule is CCN(C)C=Nc1cc(C)c(Cc2nc(C3CC3)cs2)c(C)c1.Cl.Cl. The van der Waals surface area contributed by atoms with Crippen molar-refractivity contribution >= 4 is 48.2 Å². The molecule has 0 N–H and O–H groups in total. The van der Waals surface area contributed by atoms with Crippen molar-refractivity contribution in [1.82, 2.24) is 9.88 Å². The van der Waals surface area contributed by atoms with Gasteiger partial charge in [-0.05, 0) is 62.4 Å². The molecule has 3 rings (SSSR count). The van der Waals surface area contributed by atoms with E-state index in [0.717, 1.165) is 24.6 Å². The average molecular weight is 400 g/mol. The summed E-state index contributed by atoms with van der Waals surface area (Å²) < 4.78 is 0. The molecule has 0 aliphatic heterocycles. The number of aliphatic imine (C=N–C) groups is 1. The number of benzene rings is 1.